The van der Waals surface area contributed by atoms with Gasteiger partial charge in [0.15, 0.2) is 0 Å². The number of benzene rings is 1. The molecule has 0 aliphatic carbocycles. The number of carboxylic acid groups (broad SMARTS) is 3. The van der Waals surface area contributed by atoms with E-state index in [1.807, 2.05) is 17.8 Å². The lowest BCUT2D eigenvalue weighted by molar-refractivity contribution is 0.0695. The molecule has 1 aromatic rings. The molecule has 102 valence electrons. The first-order valence-corrected chi connectivity index (χ1v) is 5.15. The molecule has 1 rings (SSSR count). The third-order valence-electron chi connectivity index (χ3n) is 2.57. The number of hydrogen-bond acceptors (Lipinski definition) is 3. The molecule has 0 bridgehead atoms. The molecule has 0 heterocycles. The zero-order valence-electron chi connectivity index (χ0n) is 10.3. The first-order chi connectivity index (χ1) is 9.81. The minimum Gasteiger partial charge on any atom is -0.478 e. The van der Waals surface area contributed by atoms with Gasteiger partial charge in [-0.2, -0.15) is 0 Å². The van der Waals surface area contributed by atoms with Crippen LogP contribution in [-0.4, -0.2) is 33.2 Å². The average molecular weight is 282 g/mol. The predicted molar refractivity (Wildman–Crippen MR) is 71.1 cm³/mol. The number of carboxylic acids is 3. The van der Waals surface area contributed by atoms with E-state index in [0.717, 1.165) is 0 Å². The Kier molecular flexibility index (Phi) is 4.04. The van der Waals surface area contributed by atoms with Gasteiger partial charge in [0.1, 0.15) is 0 Å². The van der Waals surface area contributed by atoms with Gasteiger partial charge in [-0.05, 0) is 0 Å². The average Bonchev–Trinajstić information content (AvgIpc) is 2.42. The molecule has 0 aliphatic rings. The van der Waals surface area contributed by atoms with Gasteiger partial charge in [0.2, 0.25) is 0 Å². The Labute approximate surface area is 119 Å². The standard InChI is InChI=1S/C15H6O6/c1-4-7-10(13(16)17)8(5-2)12(15(20)21)9(6-3)11(7)14(18)19/h1-3H,(H,16,17)(H,18,19)(H,20,21). The fourth-order valence-electron chi connectivity index (χ4n) is 1.82. The zero-order valence-corrected chi connectivity index (χ0v) is 10.3. The number of terminal acetylenes is 3. The lowest BCUT2D eigenvalue weighted by Gasteiger charge is -2.13. The molecule has 0 aliphatic heterocycles. The largest absolute Gasteiger partial charge is 0.478 e. The molecule has 3 N–H and O–H groups in total. The van der Waals surface area contributed by atoms with E-state index in [2.05, 4.69) is 0 Å². The van der Waals surface area contributed by atoms with Gasteiger partial charge in [-0.1, -0.05) is 17.8 Å². The fourth-order valence-corrected chi connectivity index (χ4v) is 1.82. The molecule has 0 radical (unpaired) electrons. The van der Waals surface area contributed by atoms with Crippen LogP contribution >= 0.6 is 0 Å². The van der Waals surface area contributed by atoms with Gasteiger partial charge in [0.25, 0.3) is 0 Å². The van der Waals surface area contributed by atoms with Crippen LogP contribution in [0.5, 0.6) is 0 Å². The maximum Gasteiger partial charge on any atom is 0.338 e. The van der Waals surface area contributed by atoms with Gasteiger partial charge in [-0.3, -0.25) is 0 Å². The van der Waals surface area contributed by atoms with Crippen LogP contribution in [0.3, 0.4) is 0 Å². The number of aromatic carboxylic acids is 3. The van der Waals surface area contributed by atoms with E-state index < -0.39 is 51.3 Å². The Balaban J connectivity index is 4.32. The molecule has 0 aromatic heterocycles. The number of carbonyl (C=O) groups is 3. The lowest BCUT2D eigenvalue weighted by Crippen LogP contribution is -2.18. The summed E-state index contributed by atoms with van der Waals surface area (Å²) >= 11 is 0. The van der Waals surface area contributed by atoms with Crippen molar-refractivity contribution in [2.45, 2.75) is 0 Å². The molecule has 0 saturated carbocycles. The SMILES string of the molecule is C#Cc1c(C(=O)O)c(C#C)c(C(=O)O)c(C#C)c1C(=O)O. The topological polar surface area (TPSA) is 112 Å². The first-order valence-electron chi connectivity index (χ1n) is 5.15. The van der Waals surface area contributed by atoms with Crippen LogP contribution < -0.4 is 0 Å². The molecular weight excluding hydrogens is 276 g/mol. The minimum absolute atomic E-state index is 0.569. The molecule has 0 fully saturated rings. The van der Waals surface area contributed by atoms with Crippen LogP contribution in [-0.2, 0) is 0 Å². The van der Waals surface area contributed by atoms with Crippen molar-refractivity contribution in [2.75, 3.05) is 0 Å². The van der Waals surface area contributed by atoms with Crippen molar-refractivity contribution in [3.05, 3.63) is 33.4 Å². The Hall–Kier alpha value is -3.69. The molecule has 1 aromatic carbocycles. The fraction of sp³-hybridized carbons (Fsp3) is 0. The van der Waals surface area contributed by atoms with Crippen molar-refractivity contribution >= 4 is 17.9 Å². The monoisotopic (exact) mass is 282 g/mol. The van der Waals surface area contributed by atoms with Crippen LogP contribution in [0, 0.1) is 37.0 Å². The zero-order chi connectivity index (χ0) is 16.3. The normalized spacial score (nSPS) is 9.00. The van der Waals surface area contributed by atoms with Crippen LogP contribution in [0.25, 0.3) is 0 Å². The highest BCUT2D eigenvalue weighted by Crippen LogP contribution is 2.28. The Morgan fingerprint density at radius 3 is 0.905 bits per heavy atom. The molecular formula is C15H6O6. The van der Waals surface area contributed by atoms with Crippen LogP contribution in [0.1, 0.15) is 47.8 Å². The van der Waals surface area contributed by atoms with Crippen molar-refractivity contribution in [2.24, 2.45) is 0 Å². The molecule has 0 spiro atoms. The molecule has 6 heteroatoms. The van der Waals surface area contributed by atoms with Crippen molar-refractivity contribution < 1.29 is 29.7 Å². The summed E-state index contributed by atoms with van der Waals surface area (Å²) < 4.78 is 0. The van der Waals surface area contributed by atoms with Crippen molar-refractivity contribution in [1.29, 1.82) is 0 Å². The maximum absolute atomic E-state index is 11.3. The van der Waals surface area contributed by atoms with E-state index in [0.29, 0.717) is 0 Å². The van der Waals surface area contributed by atoms with Gasteiger partial charge < -0.3 is 15.3 Å². The molecule has 0 atom stereocenters. The summed E-state index contributed by atoms with van der Waals surface area (Å²) in [5, 5.41) is 27.5. The summed E-state index contributed by atoms with van der Waals surface area (Å²) in [7, 11) is 0. The van der Waals surface area contributed by atoms with Gasteiger partial charge in [-0.15, -0.1) is 19.3 Å². The van der Waals surface area contributed by atoms with E-state index in [1.54, 1.807) is 0 Å². The second-order valence-corrected chi connectivity index (χ2v) is 3.60. The highest BCUT2D eigenvalue weighted by Gasteiger charge is 2.31. The van der Waals surface area contributed by atoms with Gasteiger partial charge in [0.05, 0.1) is 33.4 Å². The molecule has 0 unspecified atom stereocenters. The smallest absolute Gasteiger partial charge is 0.338 e. The summed E-state index contributed by atoms with van der Waals surface area (Å²) in [5.41, 5.74) is -3.97. The third kappa shape index (κ3) is 2.28. The van der Waals surface area contributed by atoms with Crippen molar-refractivity contribution in [1.82, 2.24) is 0 Å². The second-order valence-electron chi connectivity index (χ2n) is 3.60. The van der Waals surface area contributed by atoms with Gasteiger partial charge in [-0.25, -0.2) is 14.4 Å². The van der Waals surface area contributed by atoms with Crippen LogP contribution in [0.15, 0.2) is 0 Å². The predicted octanol–water partition coefficient (Wildman–Crippen LogP) is 0.725. The highest BCUT2D eigenvalue weighted by atomic mass is 16.4. The second kappa shape index (κ2) is 5.52. The highest BCUT2D eigenvalue weighted by molar-refractivity contribution is 6.08. The molecule has 0 amide bonds. The minimum atomic E-state index is -1.65. The quantitative estimate of drug-likeness (QED) is 0.704. The van der Waals surface area contributed by atoms with Crippen LogP contribution in [0.2, 0.25) is 0 Å². The Bertz CT molecular complexity index is 678. The summed E-state index contributed by atoms with van der Waals surface area (Å²) in [6.45, 7) is 0. The van der Waals surface area contributed by atoms with Crippen molar-refractivity contribution in [3.63, 3.8) is 0 Å². The first kappa shape index (κ1) is 15.4. The van der Waals surface area contributed by atoms with Crippen LogP contribution in [0.4, 0.5) is 0 Å². The van der Waals surface area contributed by atoms with Crippen molar-refractivity contribution in [3.8, 4) is 37.0 Å². The lowest BCUT2D eigenvalue weighted by atomic mass is 9.87. The van der Waals surface area contributed by atoms with E-state index >= 15 is 0 Å². The Morgan fingerprint density at radius 2 is 0.810 bits per heavy atom. The van der Waals surface area contributed by atoms with Gasteiger partial charge in [0, 0.05) is 0 Å². The molecule has 6 nitrogen and oxygen atoms in total. The maximum atomic E-state index is 11.3. The summed E-state index contributed by atoms with van der Waals surface area (Å²) in [6.07, 6.45) is 15.4. The summed E-state index contributed by atoms with van der Waals surface area (Å²) in [5.74, 6) is 0.744. The number of rotatable bonds is 3. The summed E-state index contributed by atoms with van der Waals surface area (Å²) in [4.78, 5) is 33.8. The van der Waals surface area contributed by atoms with E-state index in [1.165, 1.54) is 0 Å². The van der Waals surface area contributed by atoms with E-state index in [-0.39, 0.29) is 0 Å². The number of hydrogen-bond donors (Lipinski definition) is 3. The van der Waals surface area contributed by atoms with Gasteiger partial charge >= 0.3 is 17.9 Å². The van der Waals surface area contributed by atoms with E-state index in [4.69, 9.17) is 34.6 Å². The van der Waals surface area contributed by atoms with E-state index in [9.17, 15) is 14.4 Å². The third-order valence-corrected chi connectivity index (χ3v) is 2.57. The Morgan fingerprint density at radius 1 is 0.619 bits per heavy atom. The summed E-state index contributed by atoms with van der Waals surface area (Å²) in [6, 6.07) is 0. The molecule has 21 heavy (non-hydrogen) atoms. The molecule has 0 saturated heterocycles.